The SMILES string of the molecule is CCc1cccc(NC(=O)CSc2nc3ccccc3c(=O)n2-c2cccc(OC)c2)c1. The number of benzene rings is 3. The lowest BCUT2D eigenvalue weighted by molar-refractivity contribution is -0.113. The van der Waals surface area contributed by atoms with Gasteiger partial charge in [0.2, 0.25) is 5.91 Å². The largest absolute Gasteiger partial charge is 0.497 e. The summed E-state index contributed by atoms with van der Waals surface area (Å²) in [7, 11) is 1.58. The molecule has 32 heavy (non-hydrogen) atoms. The summed E-state index contributed by atoms with van der Waals surface area (Å²) in [5.74, 6) is 0.584. The number of anilines is 1. The fraction of sp³-hybridized carbons (Fsp3) is 0.160. The standard InChI is InChI=1S/C25H23N3O3S/c1-3-17-8-6-9-18(14-17)26-23(29)16-32-25-27-22-13-5-4-12-21(22)24(30)28(25)19-10-7-11-20(15-19)31-2/h4-15H,3,16H2,1-2H3,(H,26,29). The number of fused-ring (bicyclic) bond motifs is 1. The third-order valence-corrected chi connectivity index (χ3v) is 5.95. The van der Waals surface area contributed by atoms with Crippen LogP contribution in [0.4, 0.5) is 5.69 Å². The molecule has 0 saturated heterocycles. The van der Waals surface area contributed by atoms with E-state index in [1.807, 2.05) is 54.6 Å². The molecule has 0 aliphatic carbocycles. The predicted molar refractivity (Wildman–Crippen MR) is 129 cm³/mol. The molecule has 0 radical (unpaired) electrons. The van der Waals surface area contributed by atoms with Crippen molar-refractivity contribution in [3.05, 3.63) is 88.7 Å². The molecule has 4 rings (SSSR count). The van der Waals surface area contributed by atoms with Gasteiger partial charge in [0.25, 0.3) is 5.56 Å². The van der Waals surface area contributed by atoms with E-state index >= 15 is 0 Å². The highest BCUT2D eigenvalue weighted by Gasteiger charge is 2.15. The molecule has 6 nitrogen and oxygen atoms in total. The summed E-state index contributed by atoms with van der Waals surface area (Å²) in [5.41, 5.74) is 2.94. The topological polar surface area (TPSA) is 73.2 Å². The number of carbonyl (C=O) groups is 1. The summed E-state index contributed by atoms with van der Waals surface area (Å²) in [6, 6.07) is 22.2. The van der Waals surface area contributed by atoms with Crippen LogP contribution in [0.15, 0.2) is 82.7 Å². The zero-order chi connectivity index (χ0) is 22.5. The van der Waals surface area contributed by atoms with Crippen LogP contribution < -0.4 is 15.6 Å². The Hall–Kier alpha value is -3.58. The Labute approximate surface area is 190 Å². The molecule has 0 fully saturated rings. The number of amides is 1. The molecule has 0 aliphatic rings. The predicted octanol–water partition coefficient (Wildman–Crippen LogP) is 4.69. The number of hydrogen-bond donors (Lipinski definition) is 1. The van der Waals surface area contributed by atoms with Gasteiger partial charge in [-0.1, -0.05) is 49.0 Å². The molecule has 4 aromatic rings. The van der Waals surface area contributed by atoms with Crippen molar-refractivity contribution in [3.8, 4) is 11.4 Å². The van der Waals surface area contributed by atoms with Crippen LogP contribution in [-0.4, -0.2) is 28.3 Å². The van der Waals surface area contributed by atoms with Gasteiger partial charge in [0.15, 0.2) is 5.16 Å². The molecular weight excluding hydrogens is 422 g/mol. The van der Waals surface area contributed by atoms with Gasteiger partial charge in [0, 0.05) is 11.8 Å². The first-order valence-electron chi connectivity index (χ1n) is 10.3. The Kier molecular flexibility index (Phi) is 6.56. The van der Waals surface area contributed by atoms with Crippen molar-refractivity contribution in [2.24, 2.45) is 0 Å². The van der Waals surface area contributed by atoms with Crippen molar-refractivity contribution in [3.63, 3.8) is 0 Å². The normalized spacial score (nSPS) is 10.8. The lowest BCUT2D eigenvalue weighted by Gasteiger charge is -2.14. The summed E-state index contributed by atoms with van der Waals surface area (Å²) >= 11 is 1.22. The molecule has 7 heteroatoms. The van der Waals surface area contributed by atoms with Crippen LogP contribution in [0.5, 0.6) is 5.75 Å². The minimum atomic E-state index is -0.192. The van der Waals surface area contributed by atoms with Crippen LogP contribution >= 0.6 is 11.8 Å². The summed E-state index contributed by atoms with van der Waals surface area (Å²) in [6.45, 7) is 2.07. The van der Waals surface area contributed by atoms with E-state index in [9.17, 15) is 9.59 Å². The lowest BCUT2D eigenvalue weighted by atomic mass is 10.1. The first kappa shape index (κ1) is 21.6. The Balaban J connectivity index is 1.66. The molecule has 0 atom stereocenters. The van der Waals surface area contributed by atoms with Gasteiger partial charge in [-0.15, -0.1) is 0 Å². The molecule has 1 aromatic heterocycles. The molecule has 1 heterocycles. The molecule has 0 unspecified atom stereocenters. The molecular formula is C25H23N3O3S. The average Bonchev–Trinajstić information content (AvgIpc) is 2.83. The van der Waals surface area contributed by atoms with Gasteiger partial charge in [0.1, 0.15) is 5.75 Å². The fourth-order valence-corrected chi connectivity index (χ4v) is 4.20. The highest BCUT2D eigenvalue weighted by Crippen LogP contribution is 2.24. The third kappa shape index (κ3) is 4.68. The van der Waals surface area contributed by atoms with Crippen LogP contribution in [0.25, 0.3) is 16.6 Å². The fourth-order valence-electron chi connectivity index (χ4n) is 3.38. The van der Waals surface area contributed by atoms with Crippen molar-refractivity contribution in [2.75, 3.05) is 18.2 Å². The second kappa shape index (κ2) is 9.70. The van der Waals surface area contributed by atoms with Gasteiger partial charge in [-0.3, -0.25) is 14.2 Å². The minimum absolute atomic E-state index is 0.116. The summed E-state index contributed by atoms with van der Waals surface area (Å²) in [4.78, 5) is 30.6. The number of rotatable bonds is 7. The van der Waals surface area contributed by atoms with E-state index < -0.39 is 0 Å². The third-order valence-electron chi connectivity index (χ3n) is 5.01. The number of para-hydroxylation sites is 1. The Morgan fingerprint density at radius 2 is 1.88 bits per heavy atom. The number of methoxy groups -OCH3 is 1. The number of aromatic nitrogens is 2. The van der Waals surface area contributed by atoms with Gasteiger partial charge in [0.05, 0.1) is 29.5 Å². The highest BCUT2D eigenvalue weighted by molar-refractivity contribution is 7.99. The quantitative estimate of drug-likeness (QED) is 0.330. The van der Waals surface area contributed by atoms with Crippen molar-refractivity contribution in [1.82, 2.24) is 9.55 Å². The molecule has 3 aromatic carbocycles. The number of hydrogen-bond acceptors (Lipinski definition) is 5. The van der Waals surface area contributed by atoms with Crippen LogP contribution in [0.1, 0.15) is 12.5 Å². The monoisotopic (exact) mass is 445 g/mol. The van der Waals surface area contributed by atoms with Crippen molar-refractivity contribution >= 4 is 34.3 Å². The van der Waals surface area contributed by atoms with E-state index in [1.54, 1.807) is 25.3 Å². The Morgan fingerprint density at radius 3 is 2.69 bits per heavy atom. The lowest BCUT2D eigenvalue weighted by Crippen LogP contribution is -2.23. The Morgan fingerprint density at radius 1 is 1.06 bits per heavy atom. The maximum absolute atomic E-state index is 13.3. The van der Waals surface area contributed by atoms with E-state index in [0.29, 0.717) is 27.5 Å². The highest BCUT2D eigenvalue weighted by atomic mass is 32.2. The molecule has 0 bridgehead atoms. The van der Waals surface area contributed by atoms with Crippen molar-refractivity contribution in [1.29, 1.82) is 0 Å². The number of aryl methyl sites for hydroxylation is 1. The van der Waals surface area contributed by atoms with Gasteiger partial charge >= 0.3 is 0 Å². The zero-order valence-electron chi connectivity index (χ0n) is 17.9. The van der Waals surface area contributed by atoms with Gasteiger partial charge in [-0.2, -0.15) is 0 Å². The van der Waals surface area contributed by atoms with E-state index in [-0.39, 0.29) is 17.2 Å². The number of thioether (sulfide) groups is 1. The molecule has 1 amide bonds. The van der Waals surface area contributed by atoms with Crippen LogP contribution in [0.3, 0.4) is 0 Å². The molecule has 0 aliphatic heterocycles. The van der Waals surface area contributed by atoms with Gasteiger partial charge in [-0.05, 0) is 48.4 Å². The number of nitrogens with one attached hydrogen (secondary N) is 1. The van der Waals surface area contributed by atoms with Gasteiger partial charge in [-0.25, -0.2) is 4.98 Å². The average molecular weight is 446 g/mol. The zero-order valence-corrected chi connectivity index (χ0v) is 18.7. The smallest absolute Gasteiger partial charge is 0.266 e. The maximum Gasteiger partial charge on any atom is 0.266 e. The van der Waals surface area contributed by atoms with Crippen LogP contribution in [0.2, 0.25) is 0 Å². The Bertz CT molecular complexity index is 1330. The molecule has 1 N–H and O–H groups in total. The van der Waals surface area contributed by atoms with Crippen molar-refractivity contribution < 1.29 is 9.53 Å². The number of carbonyl (C=O) groups excluding carboxylic acids is 1. The number of ether oxygens (including phenoxy) is 1. The summed E-state index contributed by atoms with van der Waals surface area (Å²) < 4.78 is 6.85. The van der Waals surface area contributed by atoms with E-state index in [4.69, 9.17) is 4.74 Å². The van der Waals surface area contributed by atoms with Crippen LogP contribution in [0, 0.1) is 0 Å². The second-order valence-electron chi connectivity index (χ2n) is 7.14. The first-order valence-corrected chi connectivity index (χ1v) is 11.3. The second-order valence-corrected chi connectivity index (χ2v) is 8.09. The molecule has 0 saturated carbocycles. The number of nitrogens with zero attached hydrogens (tertiary/aromatic N) is 2. The molecule has 162 valence electrons. The maximum atomic E-state index is 13.3. The van der Waals surface area contributed by atoms with Gasteiger partial charge < -0.3 is 10.1 Å². The van der Waals surface area contributed by atoms with E-state index in [1.165, 1.54) is 16.3 Å². The van der Waals surface area contributed by atoms with Crippen molar-refractivity contribution in [2.45, 2.75) is 18.5 Å². The van der Waals surface area contributed by atoms with E-state index in [0.717, 1.165) is 17.7 Å². The summed E-state index contributed by atoms with van der Waals surface area (Å²) in [5, 5.41) is 3.88. The first-order chi connectivity index (χ1) is 15.6. The molecule has 0 spiro atoms. The van der Waals surface area contributed by atoms with E-state index in [2.05, 4.69) is 17.2 Å². The summed E-state index contributed by atoms with van der Waals surface area (Å²) in [6.07, 6.45) is 0.895. The van der Waals surface area contributed by atoms with Crippen LogP contribution in [-0.2, 0) is 11.2 Å². The minimum Gasteiger partial charge on any atom is -0.497 e.